The van der Waals surface area contributed by atoms with Crippen LogP contribution in [0.4, 0.5) is 0 Å². The molecule has 0 unspecified atom stereocenters. The van der Waals surface area contributed by atoms with E-state index in [9.17, 15) is 4.79 Å². The van der Waals surface area contributed by atoms with Gasteiger partial charge in [-0.25, -0.2) is 0 Å². The summed E-state index contributed by atoms with van der Waals surface area (Å²) in [5.74, 6) is 1.17. The van der Waals surface area contributed by atoms with Crippen LogP contribution in [0.1, 0.15) is 58.4 Å². The molecule has 1 aliphatic rings. The largest absolute Gasteiger partial charge is 0.493 e. The Morgan fingerprint density at radius 3 is 2.56 bits per heavy atom. The fraction of sp³-hybridized carbons (Fsp3) is 0.650. The summed E-state index contributed by atoms with van der Waals surface area (Å²) in [6.45, 7) is 6.56. The van der Waals surface area contributed by atoms with Gasteiger partial charge in [0.25, 0.3) is 5.91 Å². The normalized spacial score (nSPS) is 15.7. The van der Waals surface area contributed by atoms with Crippen LogP contribution in [0.5, 0.6) is 11.5 Å². The highest BCUT2D eigenvalue weighted by Gasteiger charge is 2.18. The average molecular weight is 348 g/mol. The molecule has 1 aliphatic carbocycles. The summed E-state index contributed by atoms with van der Waals surface area (Å²) in [5, 5.41) is 6.53. The molecule has 140 valence electrons. The Balaban J connectivity index is 2.00. The van der Waals surface area contributed by atoms with Crippen molar-refractivity contribution in [3.05, 3.63) is 23.8 Å². The van der Waals surface area contributed by atoms with E-state index >= 15 is 0 Å². The summed E-state index contributed by atoms with van der Waals surface area (Å²) in [4.78, 5) is 12.1. The SMILES string of the molecule is COc1cccc(CNC2CCCCC2)c1OCC(=O)NC(C)(C)C. The average Bonchev–Trinajstić information content (AvgIpc) is 2.57. The lowest BCUT2D eigenvalue weighted by Crippen LogP contribution is -2.43. The van der Waals surface area contributed by atoms with E-state index in [1.54, 1.807) is 7.11 Å². The highest BCUT2D eigenvalue weighted by molar-refractivity contribution is 5.78. The molecular weight excluding hydrogens is 316 g/mol. The van der Waals surface area contributed by atoms with Crippen LogP contribution in [-0.4, -0.2) is 31.2 Å². The fourth-order valence-corrected chi connectivity index (χ4v) is 3.18. The molecule has 1 fully saturated rings. The Bertz CT molecular complexity index is 561. The standard InChI is InChI=1S/C20H32N2O3/c1-20(2,3)22-18(23)14-25-19-15(9-8-12-17(19)24-4)13-21-16-10-6-5-7-11-16/h8-9,12,16,21H,5-7,10-11,13-14H2,1-4H3,(H,22,23). The molecule has 0 spiro atoms. The zero-order valence-corrected chi connectivity index (χ0v) is 16.0. The van der Waals surface area contributed by atoms with Gasteiger partial charge >= 0.3 is 0 Å². The van der Waals surface area contributed by atoms with Gasteiger partial charge in [0, 0.05) is 23.7 Å². The summed E-state index contributed by atoms with van der Waals surface area (Å²) in [5.41, 5.74) is 0.750. The van der Waals surface area contributed by atoms with Gasteiger partial charge in [-0.15, -0.1) is 0 Å². The minimum absolute atomic E-state index is 0.0198. The van der Waals surface area contributed by atoms with Gasteiger partial charge in [-0.05, 0) is 39.7 Å². The molecule has 1 aromatic carbocycles. The van der Waals surface area contributed by atoms with Crippen LogP contribution in [0.25, 0.3) is 0 Å². The Morgan fingerprint density at radius 2 is 1.92 bits per heavy atom. The van der Waals surface area contributed by atoms with Crippen molar-refractivity contribution >= 4 is 5.91 Å². The smallest absolute Gasteiger partial charge is 0.258 e. The molecule has 0 heterocycles. The van der Waals surface area contributed by atoms with Gasteiger partial charge in [-0.1, -0.05) is 31.4 Å². The fourth-order valence-electron chi connectivity index (χ4n) is 3.18. The summed E-state index contributed by atoms with van der Waals surface area (Å²) in [6, 6.07) is 6.41. The second-order valence-corrected chi connectivity index (χ2v) is 7.75. The third kappa shape index (κ3) is 6.58. The van der Waals surface area contributed by atoms with Crippen molar-refractivity contribution in [2.75, 3.05) is 13.7 Å². The van der Waals surface area contributed by atoms with Crippen LogP contribution in [-0.2, 0) is 11.3 Å². The number of methoxy groups -OCH3 is 1. The number of nitrogens with one attached hydrogen (secondary N) is 2. The number of ether oxygens (including phenoxy) is 2. The molecule has 0 atom stereocenters. The summed E-state index contributed by atoms with van der Waals surface area (Å²) >= 11 is 0. The number of carbonyl (C=O) groups is 1. The number of carbonyl (C=O) groups excluding carboxylic acids is 1. The van der Waals surface area contributed by atoms with Crippen molar-refractivity contribution in [1.29, 1.82) is 0 Å². The predicted molar refractivity (Wildman–Crippen MR) is 100 cm³/mol. The van der Waals surface area contributed by atoms with Crippen LogP contribution in [0.2, 0.25) is 0 Å². The first-order valence-electron chi connectivity index (χ1n) is 9.22. The zero-order chi connectivity index (χ0) is 18.3. The quantitative estimate of drug-likeness (QED) is 0.793. The van der Waals surface area contributed by atoms with Crippen molar-refractivity contribution in [1.82, 2.24) is 10.6 Å². The molecule has 2 N–H and O–H groups in total. The maximum atomic E-state index is 12.1. The van der Waals surface area contributed by atoms with E-state index in [1.165, 1.54) is 32.1 Å². The lowest BCUT2D eigenvalue weighted by Gasteiger charge is -2.24. The van der Waals surface area contributed by atoms with E-state index in [0.29, 0.717) is 17.5 Å². The van der Waals surface area contributed by atoms with E-state index in [2.05, 4.69) is 10.6 Å². The molecule has 0 saturated heterocycles. The van der Waals surface area contributed by atoms with Gasteiger partial charge in [0.05, 0.1) is 7.11 Å². The van der Waals surface area contributed by atoms with Crippen molar-refractivity contribution in [3.63, 3.8) is 0 Å². The molecule has 1 amide bonds. The highest BCUT2D eigenvalue weighted by Crippen LogP contribution is 2.31. The van der Waals surface area contributed by atoms with E-state index in [0.717, 1.165) is 12.1 Å². The molecule has 2 rings (SSSR count). The van der Waals surface area contributed by atoms with E-state index in [4.69, 9.17) is 9.47 Å². The van der Waals surface area contributed by atoms with Crippen LogP contribution >= 0.6 is 0 Å². The molecule has 1 aromatic rings. The van der Waals surface area contributed by atoms with E-state index < -0.39 is 0 Å². The summed E-state index contributed by atoms with van der Waals surface area (Å²) in [6.07, 6.45) is 6.40. The second-order valence-electron chi connectivity index (χ2n) is 7.75. The predicted octanol–water partition coefficient (Wildman–Crippen LogP) is 3.41. The Hall–Kier alpha value is -1.75. The number of amides is 1. The van der Waals surface area contributed by atoms with Crippen LogP contribution in [0.3, 0.4) is 0 Å². The first kappa shape index (κ1) is 19.6. The first-order valence-corrected chi connectivity index (χ1v) is 9.22. The first-order chi connectivity index (χ1) is 11.9. The number of para-hydroxylation sites is 1. The molecule has 5 heteroatoms. The van der Waals surface area contributed by atoms with E-state index in [-0.39, 0.29) is 18.1 Å². The minimum Gasteiger partial charge on any atom is -0.493 e. The minimum atomic E-state index is -0.271. The van der Waals surface area contributed by atoms with Crippen LogP contribution in [0, 0.1) is 0 Å². The zero-order valence-electron chi connectivity index (χ0n) is 16.0. The van der Waals surface area contributed by atoms with Crippen molar-refractivity contribution in [2.45, 2.75) is 71.0 Å². The maximum Gasteiger partial charge on any atom is 0.258 e. The van der Waals surface area contributed by atoms with Crippen LogP contribution < -0.4 is 20.1 Å². The molecule has 0 aliphatic heterocycles. The molecule has 5 nitrogen and oxygen atoms in total. The van der Waals surface area contributed by atoms with Gasteiger partial charge in [0.1, 0.15) is 0 Å². The third-order valence-corrected chi connectivity index (χ3v) is 4.33. The number of hydrogen-bond acceptors (Lipinski definition) is 4. The van der Waals surface area contributed by atoms with Gasteiger partial charge in [-0.2, -0.15) is 0 Å². The van der Waals surface area contributed by atoms with Crippen molar-refractivity contribution in [2.24, 2.45) is 0 Å². The molecular formula is C20H32N2O3. The third-order valence-electron chi connectivity index (χ3n) is 4.33. The van der Waals surface area contributed by atoms with Crippen LogP contribution in [0.15, 0.2) is 18.2 Å². The van der Waals surface area contributed by atoms with E-state index in [1.807, 2.05) is 39.0 Å². The molecule has 1 saturated carbocycles. The molecule has 0 bridgehead atoms. The topological polar surface area (TPSA) is 59.6 Å². The number of benzene rings is 1. The Labute approximate surface area is 151 Å². The number of hydrogen-bond donors (Lipinski definition) is 2. The highest BCUT2D eigenvalue weighted by atomic mass is 16.5. The van der Waals surface area contributed by atoms with Gasteiger partial charge in [0.15, 0.2) is 18.1 Å². The lowest BCUT2D eigenvalue weighted by atomic mass is 9.95. The van der Waals surface area contributed by atoms with Crippen molar-refractivity contribution in [3.8, 4) is 11.5 Å². The Morgan fingerprint density at radius 1 is 1.20 bits per heavy atom. The summed E-state index contributed by atoms with van der Waals surface area (Å²) in [7, 11) is 1.62. The van der Waals surface area contributed by atoms with Gasteiger partial charge in [0.2, 0.25) is 0 Å². The molecule has 0 aromatic heterocycles. The van der Waals surface area contributed by atoms with Crippen molar-refractivity contribution < 1.29 is 14.3 Å². The van der Waals surface area contributed by atoms with Gasteiger partial charge < -0.3 is 20.1 Å². The number of rotatable bonds is 7. The second kappa shape index (κ2) is 9.09. The van der Waals surface area contributed by atoms with Gasteiger partial charge in [-0.3, -0.25) is 4.79 Å². The maximum absolute atomic E-state index is 12.1. The summed E-state index contributed by atoms with van der Waals surface area (Å²) < 4.78 is 11.3. The monoisotopic (exact) mass is 348 g/mol. The Kier molecular flexibility index (Phi) is 7.12. The lowest BCUT2D eigenvalue weighted by molar-refractivity contribution is -0.124. The molecule has 25 heavy (non-hydrogen) atoms. The molecule has 0 radical (unpaired) electrons.